The van der Waals surface area contributed by atoms with Gasteiger partial charge in [-0.1, -0.05) is 48.0 Å². The molecule has 21 heavy (non-hydrogen) atoms. The van der Waals surface area contributed by atoms with E-state index >= 15 is 0 Å². The van der Waals surface area contributed by atoms with Crippen LogP contribution in [0.5, 0.6) is 0 Å². The monoisotopic (exact) mass is 305 g/mol. The van der Waals surface area contributed by atoms with Crippen molar-refractivity contribution in [2.75, 3.05) is 0 Å². The molecule has 0 aromatic heterocycles. The maximum Gasteiger partial charge on any atom is 0.129 e. The Bertz CT molecular complexity index is 581. The van der Waals surface area contributed by atoms with E-state index in [2.05, 4.69) is 43.4 Å². The fourth-order valence-corrected chi connectivity index (χ4v) is 2.35. The van der Waals surface area contributed by atoms with Crippen LogP contribution in [0.15, 0.2) is 48.5 Å². The van der Waals surface area contributed by atoms with Gasteiger partial charge < -0.3 is 5.32 Å². The molecule has 0 aliphatic rings. The summed E-state index contributed by atoms with van der Waals surface area (Å²) in [5, 5.41) is 3.85. The van der Waals surface area contributed by atoms with Crippen LogP contribution in [0.1, 0.15) is 31.4 Å². The molecule has 0 atom stereocenters. The molecule has 0 radical (unpaired) electrons. The first kappa shape index (κ1) is 16.0. The fraction of sp³-hybridized carbons (Fsp3) is 0.333. The maximum absolute atomic E-state index is 13.8. The lowest BCUT2D eigenvalue weighted by Crippen LogP contribution is -2.39. The molecule has 2 aromatic carbocycles. The van der Waals surface area contributed by atoms with E-state index in [-0.39, 0.29) is 11.4 Å². The molecule has 2 rings (SSSR count). The van der Waals surface area contributed by atoms with Gasteiger partial charge in [0, 0.05) is 22.7 Å². The third-order valence-corrected chi connectivity index (χ3v) is 3.89. The van der Waals surface area contributed by atoms with Crippen LogP contribution in [0.25, 0.3) is 0 Å². The Hall–Kier alpha value is -1.38. The van der Waals surface area contributed by atoms with Gasteiger partial charge in [-0.25, -0.2) is 4.39 Å². The maximum atomic E-state index is 13.8. The number of hydrogen-bond donors (Lipinski definition) is 1. The highest BCUT2D eigenvalue weighted by Crippen LogP contribution is 2.17. The zero-order valence-corrected chi connectivity index (χ0v) is 13.3. The molecule has 3 heteroatoms. The van der Waals surface area contributed by atoms with Gasteiger partial charge in [-0.3, -0.25) is 0 Å². The van der Waals surface area contributed by atoms with Crippen molar-refractivity contribution in [2.24, 2.45) is 0 Å². The molecule has 2 aromatic rings. The molecule has 0 amide bonds. The highest BCUT2D eigenvalue weighted by atomic mass is 35.5. The summed E-state index contributed by atoms with van der Waals surface area (Å²) in [5.74, 6) is -0.256. The average molecular weight is 306 g/mol. The molecule has 0 saturated carbocycles. The van der Waals surface area contributed by atoms with E-state index in [4.69, 9.17) is 11.6 Å². The first-order valence-corrected chi connectivity index (χ1v) is 7.57. The number of aryl methyl sites for hydroxylation is 1. The van der Waals surface area contributed by atoms with Crippen molar-refractivity contribution in [3.05, 3.63) is 70.5 Å². The fourth-order valence-electron chi connectivity index (χ4n) is 2.19. The summed E-state index contributed by atoms with van der Waals surface area (Å²) in [6.07, 6.45) is 2.00. The van der Waals surface area contributed by atoms with Crippen LogP contribution < -0.4 is 5.32 Å². The molecular formula is C18H21ClFN. The number of rotatable bonds is 6. The Balaban J connectivity index is 1.88. The van der Waals surface area contributed by atoms with Gasteiger partial charge in [-0.05, 0) is 44.4 Å². The van der Waals surface area contributed by atoms with Crippen molar-refractivity contribution >= 4 is 11.6 Å². The van der Waals surface area contributed by atoms with E-state index in [9.17, 15) is 4.39 Å². The van der Waals surface area contributed by atoms with Gasteiger partial charge in [-0.2, -0.15) is 0 Å². The van der Waals surface area contributed by atoms with Gasteiger partial charge in [0.1, 0.15) is 5.82 Å². The van der Waals surface area contributed by atoms with Crippen molar-refractivity contribution in [1.29, 1.82) is 0 Å². The first-order valence-electron chi connectivity index (χ1n) is 7.19. The lowest BCUT2D eigenvalue weighted by Gasteiger charge is -2.26. The zero-order valence-electron chi connectivity index (χ0n) is 12.5. The molecule has 0 bridgehead atoms. The molecule has 0 heterocycles. The lowest BCUT2D eigenvalue weighted by atomic mass is 9.95. The molecule has 0 fully saturated rings. The van der Waals surface area contributed by atoms with Gasteiger partial charge in [0.25, 0.3) is 0 Å². The molecule has 0 unspecified atom stereocenters. The van der Waals surface area contributed by atoms with Crippen LogP contribution in [0, 0.1) is 5.82 Å². The second-order valence-corrected chi connectivity index (χ2v) is 6.40. The van der Waals surface area contributed by atoms with Crippen LogP contribution in [0.4, 0.5) is 4.39 Å². The van der Waals surface area contributed by atoms with Crippen LogP contribution in [0.3, 0.4) is 0 Å². The molecule has 0 saturated heterocycles. The predicted molar refractivity (Wildman–Crippen MR) is 87.1 cm³/mol. The normalized spacial score (nSPS) is 11.6. The highest BCUT2D eigenvalue weighted by Gasteiger charge is 2.17. The minimum atomic E-state index is -0.256. The summed E-state index contributed by atoms with van der Waals surface area (Å²) in [4.78, 5) is 0. The van der Waals surface area contributed by atoms with Crippen molar-refractivity contribution in [3.8, 4) is 0 Å². The van der Waals surface area contributed by atoms with E-state index in [1.807, 2.05) is 6.07 Å². The third kappa shape index (κ3) is 5.14. The molecule has 1 N–H and O–H groups in total. The number of hydrogen-bond acceptors (Lipinski definition) is 1. The standard InChI is InChI=1S/C18H21ClFN/c1-18(2,11-10-14-6-4-3-5-7-14)21-13-15-8-9-16(19)12-17(15)20/h3-9,12,21H,10-11,13H2,1-2H3. The second-order valence-electron chi connectivity index (χ2n) is 5.96. The van der Waals surface area contributed by atoms with Gasteiger partial charge >= 0.3 is 0 Å². The quantitative estimate of drug-likeness (QED) is 0.793. The van der Waals surface area contributed by atoms with Crippen molar-refractivity contribution in [1.82, 2.24) is 5.32 Å². The van der Waals surface area contributed by atoms with Crippen molar-refractivity contribution < 1.29 is 4.39 Å². The molecule has 0 spiro atoms. The zero-order chi connectivity index (χ0) is 15.3. The third-order valence-electron chi connectivity index (χ3n) is 3.65. The summed E-state index contributed by atoms with van der Waals surface area (Å²) in [6.45, 7) is 4.79. The summed E-state index contributed by atoms with van der Waals surface area (Å²) in [7, 11) is 0. The minimum absolute atomic E-state index is 0.0537. The molecule has 112 valence electrons. The molecular weight excluding hydrogens is 285 g/mol. The van der Waals surface area contributed by atoms with Gasteiger partial charge in [-0.15, -0.1) is 0 Å². The first-order chi connectivity index (χ1) is 9.96. The molecule has 0 aliphatic heterocycles. The van der Waals surface area contributed by atoms with Crippen LogP contribution in [0.2, 0.25) is 5.02 Å². The summed E-state index contributed by atoms with van der Waals surface area (Å²) in [5.41, 5.74) is 1.92. The smallest absolute Gasteiger partial charge is 0.129 e. The highest BCUT2D eigenvalue weighted by molar-refractivity contribution is 6.30. The van der Waals surface area contributed by atoms with E-state index in [0.29, 0.717) is 17.1 Å². The Kier molecular flexibility index (Phi) is 5.38. The minimum Gasteiger partial charge on any atom is -0.308 e. The predicted octanol–water partition coefficient (Wildman–Crippen LogP) is 4.98. The van der Waals surface area contributed by atoms with Crippen LogP contribution in [-0.2, 0) is 13.0 Å². The number of benzene rings is 2. The Labute approximate surface area is 131 Å². The lowest BCUT2D eigenvalue weighted by molar-refractivity contribution is 0.357. The van der Waals surface area contributed by atoms with Gasteiger partial charge in [0.05, 0.1) is 0 Å². The number of halogens is 2. The van der Waals surface area contributed by atoms with E-state index in [1.165, 1.54) is 11.6 Å². The molecule has 0 aliphatic carbocycles. The Morgan fingerprint density at radius 1 is 1.10 bits per heavy atom. The molecule has 1 nitrogen and oxygen atoms in total. The van der Waals surface area contributed by atoms with Crippen molar-refractivity contribution in [2.45, 2.75) is 38.8 Å². The van der Waals surface area contributed by atoms with Crippen LogP contribution >= 0.6 is 11.6 Å². The Morgan fingerprint density at radius 3 is 2.48 bits per heavy atom. The summed E-state index contributed by atoms with van der Waals surface area (Å²) >= 11 is 5.76. The van der Waals surface area contributed by atoms with Gasteiger partial charge in [0.15, 0.2) is 0 Å². The van der Waals surface area contributed by atoms with E-state index < -0.39 is 0 Å². The van der Waals surface area contributed by atoms with E-state index in [1.54, 1.807) is 12.1 Å². The van der Waals surface area contributed by atoms with E-state index in [0.717, 1.165) is 12.8 Å². The van der Waals surface area contributed by atoms with Crippen molar-refractivity contribution in [3.63, 3.8) is 0 Å². The number of nitrogens with one attached hydrogen (secondary N) is 1. The topological polar surface area (TPSA) is 12.0 Å². The summed E-state index contributed by atoms with van der Waals surface area (Å²) < 4.78 is 13.8. The summed E-state index contributed by atoms with van der Waals surface area (Å²) in [6, 6.07) is 15.2. The largest absolute Gasteiger partial charge is 0.308 e. The average Bonchev–Trinajstić information content (AvgIpc) is 2.45. The van der Waals surface area contributed by atoms with Crippen LogP contribution in [-0.4, -0.2) is 5.54 Å². The van der Waals surface area contributed by atoms with Gasteiger partial charge in [0.2, 0.25) is 0 Å². The SMILES string of the molecule is CC(C)(CCc1ccccc1)NCc1ccc(Cl)cc1F. The second kappa shape index (κ2) is 7.06. The Morgan fingerprint density at radius 2 is 1.81 bits per heavy atom.